The zero-order valence-electron chi connectivity index (χ0n) is 22.7. The van der Waals surface area contributed by atoms with Gasteiger partial charge in [-0.2, -0.15) is 0 Å². The van der Waals surface area contributed by atoms with E-state index in [2.05, 4.69) is 10.3 Å². The molecule has 4 rings (SSSR count). The molecule has 1 amide bonds. The monoisotopic (exact) mass is 596 g/mol. The van der Waals surface area contributed by atoms with Crippen molar-refractivity contribution in [3.8, 4) is 5.75 Å². The fourth-order valence-electron chi connectivity index (χ4n) is 3.91. The lowest BCUT2D eigenvalue weighted by Crippen LogP contribution is -2.29. The highest BCUT2D eigenvalue weighted by Crippen LogP contribution is 2.42. The minimum absolute atomic E-state index is 0.0355. The molecule has 0 aliphatic carbocycles. The van der Waals surface area contributed by atoms with Crippen molar-refractivity contribution in [3.63, 3.8) is 0 Å². The van der Waals surface area contributed by atoms with Crippen molar-refractivity contribution >= 4 is 23.6 Å². The van der Waals surface area contributed by atoms with Crippen LogP contribution >= 0.6 is 11.8 Å². The third kappa shape index (κ3) is 8.34. The molecule has 0 saturated heterocycles. The molecule has 218 valence electrons. The van der Waals surface area contributed by atoms with Crippen LogP contribution in [0.3, 0.4) is 0 Å². The zero-order valence-corrected chi connectivity index (χ0v) is 23.6. The Balaban J connectivity index is 1.37. The van der Waals surface area contributed by atoms with E-state index in [1.807, 2.05) is 12.1 Å². The van der Waals surface area contributed by atoms with E-state index in [9.17, 15) is 22.8 Å². The van der Waals surface area contributed by atoms with Gasteiger partial charge in [0, 0.05) is 16.7 Å². The van der Waals surface area contributed by atoms with Gasteiger partial charge in [-0.1, -0.05) is 12.1 Å². The van der Waals surface area contributed by atoms with Crippen LogP contribution in [-0.2, 0) is 20.9 Å². The van der Waals surface area contributed by atoms with Crippen LogP contribution in [0.15, 0.2) is 83.9 Å². The maximum Gasteiger partial charge on any atom is 0.333 e. The van der Waals surface area contributed by atoms with E-state index in [1.54, 1.807) is 38.3 Å². The number of thioether (sulfide) groups is 1. The van der Waals surface area contributed by atoms with E-state index >= 15 is 0 Å². The smallest absolute Gasteiger partial charge is 0.333 e. The predicted molar refractivity (Wildman–Crippen MR) is 151 cm³/mol. The molecule has 0 bridgehead atoms. The van der Waals surface area contributed by atoms with Gasteiger partial charge in [-0.05, 0) is 84.3 Å². The van der Waals surface area contributed by atoms with Crippen molar-refractivity contribution in [3.05, 3.63) is 124 Å². The Labute approximate surface area is 245 Å². The number of amides is 1. The number of aryl methyl sites for hydroxylation is 1. The van der Waals surface area contributed by atoms with Crippen molar-refractivity contribution in [2.24, 2.45) is 0 Å². The van der Waals surface area contributed by atoms with E-state index in [4.69, 9.17) is 14.2 Å². The van der Waals surface area contributed by atoms with E-state index in [-0.39, 0.29) is 24.5 Å². The van der Waals surface area contributed by atoms with Crippen LogP contribution in [0.1, 0.15) is 38.0 Å². The number of halogens is 3. The first kappa shape index (κ1) is 30.6. The molecule has 3 aromatic carbocycles. The van der Waals surface area contributed by atoms with Gasteiger partial charge in [0.1, 0.15) is 35.5 Å². The van der Waals surface area contributed by atoms with Gasteiger partial charge >= 0.3 is 5.97 Å². The second kappa shape index (κ2) is 14.5. The molecule has 0 aliphatic rings. The average Bonchev–Trinajstić information content (AvgIpc) is 2.98. The molecule has 11 heteroatoms. The molecular weight excluding hydrogens is 569 g/mol. The highest BCUT2D eigenvalue weighted by atomic mass is 32.2. The first-order valence-corrected chi connectivity index (χ1v) is 13.6. The fraction of sp³-hybridized carbons (Fsp3) is 0.194. The highest BCUT2D eigenvalue weighted by molar-refractivity contribution is 7.99. The van der Waals surface area contributed by atoms with Crippen LogP contribution < -0.4 is 10.1 Å². The van der Waals surface area contributed by atoms with E-state index in [0.29, 0.717) is 21.8 Å². The minimum atomic E-state index is -0.741. The lowest BCUT2D eigenvalue weighted by atomic mass is 10.0. The topological polar surface area (TPSA) is 86.8 Å². The Bertz CT molecular complexity index is 1540. The Morgan fingerprint density at radius 1 is 0.929 bits per heavy atom. The van der Waals surface area contributed by atoms with Gasteiger partial charge in [-0.25, -0.2) is 18.0 Å². The fourth-order valence-corrected chi connectivity index (χ4v) is 5.16. The summed E-state index contributed by atoms with van der Waals surface area (Å²) >= 11 is 1.19. The molecule has 1 heterocycles. The van der Waals surface area contributed by atoms with Gasteiger partial charge in [0.2, 0.25) is 0 Å². The van der Waals surface area contributed by atoms with Crippen LogP contribution in [0.5, 0.6) is 5.75 Å². The second-order valence-corrected chi connectivity index (χ2v) is 10.2. The van der Waals surface area contributed by atoms with E-state index < -0.39 is 41.3 Å². The number of pyridine rings is 1. The van der Waals surface area contributed by atoms with Crippen LogP contribution in [0.25, 0.3) is 0 Å². The number of rotatable bonds is 12. The summed E-state index contributed by atoms with van der Waals surface area (Å²) in [5, 5.41) is 1.71. The largest absolute Gasteiger partial charge is 0.497 e. The summed E-state index contributed by atoms with van der Waals surface area (Å²) in [6.45, 7) is 1.20. The lowest BCUT2D eigenvalue weighted by Gasteiger charge is -2.20. The molecule has 0 fully saturated rings. The van der Waals surface area contributed by atoms with Crippen molar-refractivity contribution in [2.75, 3.05) is 20.4 Å². The molecule has 1 aromatic heterocycles. The van der Waals surface area contributed by atoms with Crippen molar-refractivity contribution in [1.29, 1.82) is 0 Å². The van der Waals surface area contributed by atoms with Gasteiger partial charge in [-0.15, -0.1) is 11.8 Å². The zero-order chi connectivity index (χ0) is 30.1. The Morgan fingerprint density at radius 3 is 2.33 bits per heavy atom. The van der Waals surface area contributed by atoms with Gasteiger partial charge < -0.3 is 19.5 Å². The Kier molecular flexibility index (Phi) is 10.6. The summed E-state index contributed by atoms with van der Waals surface area (Å²) in [4.78, 5) is 29.4. The number of hydrogen-bond acceptors (Lipinski definition) is 7. The standard InChI is InChI=1S/C31H27F3N2O5S/c1-19-13-28(31(38)36-18-41-29(37)17-40-16-20-3-8-23(39-2)9-4-20)35-15-26(19)30(25-14-22(33)7-12-27(25)34)42-24-10-5-21(32)6-11-24/h3-15,30H,16-18H2,1-2H3,(H,36,38). The lowest BCUT2D eigenvalue weighted by molar-refractivity contribution is -0.149. The molecule has 0 aliphatic heterocycles. The molecule has 0 radical (unpaired) electrons. The number of ether oxygens (including phenoxy) is 3. The van der Waals surface area contributed by atoms with E-state index in [0.717, 1.165) is 23.8 Å². The quantitative estimate of drug-likeness (QED) is 0.119. The number of carbonyl (C=O) groups excluding carboxylic acids is 2. The van der Waals surface area contributed by atoms with Crippen LogP contribution in [0.4, 0.5) is 13.2 Å². The number of benzene rings is 3. The molecule has 1 atom stereocenters. The van der Waals surface area contributed by atoms with Gasteiger partial charge in [0.25, 0.3) is 5.91 Å². The number of hydrogen-bond donors (Lipinski definition) is 1. The SMILES string of the molecule is COc1ccc(COCC(=O)OCNC(=O)c2cc(C)c(C(Sc3ccc(F)cc3)c3cc(F)ccc3F)cn2)cc1. The predicted octanol–water partition coefficient (Wildman–Crippen LogP) is 6.14. The third-order valence-electron chi connectivity index (χ3n) is 6.09. The summed E-state index contributed by atoms with van der Waals surface area (Å²) in [6.07, 6.45) is 1.41. The second-order valence-electron chi connectivity index (χ2n) is 9.05. The van der Waals surface area contributed by atoms with Crippen molar-refractivity contribution < 1.29 is 37.0 Å². The summed E-state index contributed by atoms with van der Waals surface area (Å²) in [6, 6.07) is 17.5. The van der Waals surface area contributed by atoms with Gasteiger partial charge in [0.15, 0.2) is 6.73 Å². The number of esters is 1. The minimum Gasteiger partial charge on any atom is -0.497 e. The first-order valence-electron chi connectivity index (χ1n) is 12.7. The number of carbonyl (C=O) groups is 2. The van der Waals surface area contributed by atoms with Crippen molar-refractivity contribution in [2.45, 2.75) is 23.7 Å². The number of methoxy groups -OCH3 is 1. The summed E-state index contributed by atoms with van der Waals surface area (Å²) in [5.74, 6) is -2.21. The van der Waals surface area contributed by atoms with Crippen molar-refractivity contribution in [1.82, 2.24) is 10.3 Å². The molecule has 0 spiro atoms. The normalized spacial score (nSPS) is 11.5. The van der Waals surface area contributed by atoms with Crippen LogP contribution in [0.2, 0.25) is 0 Å². The maximum atomic E-state index is 14.8. The average molecular weight is 597 g/mol. The maximum absolute atomic E-state index is 14.8. The van der Waals surface area contributed by atoms with Gasteiger partial charge in [-0.3, -0.25) is 9.78 Å². The van der Waals surface area contributed by atoms with Gasteiger partial charge in [0.05, 0.1) is 19.0 Å². The molecule has 42 heavy (non-hydrogen) atoms. The summed E-state index contributed by atoms with van der Waals surface area (Å²) in [7, 11) is 1.57. The molecule has 1 N–H and O–H groups in total. The number of nitrogens with zero attached hydrogens (tertiary/aromatic N) is 1. The molecule has 1 unspecified atom stereocenters. The van der Waals surface area contributed by atoms with Crippen LogP contribution in [0, 0.1) is 24.4 Å². The molecule has 4 aromatic rings. The summed E-state index contributed by atoms with van der Waals surface area (Å²) in [5.41, 5.74) is 2.08. The molecular formula is C31H27F3N2O5S. The van der Waals surface area contributed by atoms with E-state index in [1.165, 1.54) is 36.2 Å². The molecule has 0 saturated carbocycles. The Morgan fingerprint density at radius 2 is 1.64 bits per heavy atom. The first-order chi connectivity index (χ1) is 20.2. The third-order valence-corrected chi connectivity index (χ3v) is 7.38. The number of aromatic nitrogens is 1. The highest BCUT2D eigenvalue weighted by Gasteiger charge is 2.23. The molecule has 7 nitrogen and oxygen atoms in total. The number of nitrogens with one attached hydrogen (secondary N) is 1. The summed E-state index contributed by atoms with van der Waals surface area (Å²) < 4.78 is 57.8. The van der Waals surface area contributed by atoms with Crippen LogP contribution in [-0.4, -0.2) is 37.3 Å². The Hall–Kier alpha value is -4.35.